The van der Waals surface area contributed by atoms with Crippen molar-refractivity contribution < 1.29 is 4.79 Å². The van der Waals surface area contributed by atoms with Gasteiger partial charge in [0.25, 0.3) is 0 Å². The maximum Gasteiger partial charge on any atom is 0.159 e. The Morgan fingerprint density at radius 3 is 3.31 bits per heavy atom. The van der Waals surface area contributed by atoms with E-state index in [2.05, 4.69) is 10.9 Å². The highest BCUT2D eigenvalue weighted by Crippen LogP contribution is 2.32. The summed E-state index contributed by atoms with van der Waals surface area (Å²) in [6.45, 7) is 0. The maximum absolute atomic E-state index is 12.0. The zero-order valence-corrected chi connectivity index (χ0v) is 9.02. The average Bonchev–Trinajstić information content (AvgIpc) is 2.72. The first-order valence-electron chi connectivity index (χ1n) is 5.40. The van der Waals surface area contributed by atoms with Crippen LogP contribution in [0.4, 0.5) is 0 Å². The van der Waals surface area contributed by atoms with Crippen molar-refractivity contribution in [2.75, 3.05) is 0 Å². The molecule has 2 unspecified atom stereocenters. The molecule has 1 aliphatic rings. The van der Waals surface area contributed by atoms with Gasteiger partial charge in [-0.05, 0) is 24.5 Å². The number of rotatable bonds is 3. The van der Waals surface area contributed by atoms with Gasteiger partial charge in [0.2, 0.25) is 0 Å². The molecule has 1 aromatic rings. The first-order valence-corrected chi connectivity index (χ1v) is 5.40. The van der Waals surface area contributed by atoms with Gasteiger partial charge in [0.15, 0.2) is 5.78 Å². The minimum atomic E-state index is -0.553. The summed E-state index contributed by atoms with van der Waals surface area (Å²) < 4.78 is 0. The predicted molar refractivity (Wildman–Crippen MR) is 61.7 cm³/mol. The molecule has 82 valence electrons. The molecular weight excluding hydrogens is 200 g/mol. The molecule has 3 nitrogen and oxygen atoms in total. The first kappa shape index (κ1) is 10.8. The van der Waals surface area contributed by atoms with Gasteiger partial charge >= 0.3 is 0 Å². The number of nitrogens with zero attached hydrogens (tertiary/aromatic N) is 1. The van der Waals surface area contributed by atoms with E-state index in [9.17, 15) is 4.79 Å². The van der Waals surface area contributed by atoms with Crippen molar-refractivity contribution in [1.29, 1.82) is 0 Å². The molecule has 0 amide bonds. The number of carbonyl (C=O) groups excluding carboxylic acids is 1. The number of Topliss-reactive ketones (excluding diaryl/α,β-unsaturated/α-hetero) is 1. The Hall–Kier alpha value is -1.66. The molecule has 0 saturated carbocycles. The van der Waals surface area contributed by atoms with Gasteiger partial charge < -0.3 is 5.73 Å². The number of hydrogen-bond donors (Lipinski definition) is 1. The molecule has 0 saturated heterocycles. The van der Waals surface area contributed by atoms with Crippen molar-refractivity contribution in [3.05, 3.63) is 29.6 Å². The van der Waals surface area contributed by atoms with E-state index < -0.39 is 6.04 Å². The Labute approximate surface area is 95.1 Å². The minimum Gasteiger partial charge on any atom is -0.321 e. The highest BCUT2D eigenvalue weighted by molar-refractivity contribution is 5.91. The third kappa shape index (κ3) is 1.84. The average molecular weight is 214 g/mol. The molecular formula is C13H14N2O. The monoisotopic (exact) mass is 214 g/mol. The highest BCUT2D eigenvalue weighted by Gasteiger charge is 2.32. The van der Waals surface area contributed by atoms with Crippen LogP contribution >= 0.6 is 0 Å². The first-order chi connectivity index (χ1) is 7.74. The highest BCUT2D eigenvalue weighted by atomic mass is 16.1. The number of terminal acetylenes is 1. The van der Waals surface area contributed by atoms with Gasteiger partial charge in [0.05, 0.1) is 17.7 Å². The Morgan fingerprint density at radius 2 is 2.56 bits per heavy atom. The van der Waals surface area contributed by atoms with Crippen LogP contribution in [0.2, 0.25) is 0 Å². The number of fused-ring (bicyclic) bond motifs is 1. The Balaban J connectivity index is 2.20. The van der Waals surface area contributed by atoms with Crippen LogP contribution in [0, 0.1) is 12.3 Å². The lowest BCUT2D eigenvalue weighted by Gasteiger charge is -2.13. The van der Waals surface area contributed by atoms with Crippen LogP contribution in [-0.4, -0.2) is 16.8 Å². The van der Waals surface area contributed by atoms with Crippen molar-refractivity contribution in [2.45, 2.75) is 31.2 Å². The zero-order chi connectivity index (χ0) is 11.5. The van der Waals surface area contributed by atoms with Gasteiger partial charge in [-0.3, -0.25) is 9.78 Å². The summed E-state index contributed by atoms with van der Waals surface area (Å²) in [7, 11) is 0. The van der Waals surface area contributed by atoms with Gasteiger partial charge in [-0.1, -0.05) is 6.07 Å². The lowest BCUT2D eigenvalue weighted by molar-refractivity contribution is -0.121. The van der Waals surface area contributed by atoms with Crippen molar-refractivity contribution in [2.24, 2.45) is 5.73 Å². The van der Waals surface area contributed by atoms with Gasteiger partial charge in [0.1, 0.15) is 0 Å². The Kier molecular flexibility index (Phi) is 3.02. The summed E-state index contributed by atoms with van der Waals surface area (Å²) in [5.41, 5.74) is 7.79. The van der Waals surface area contributed by atoms with E-state index in [-0.39, 0.29) is 11.7 Å². The van der Waals surface area contributed by atoms with Crippen LogP contribution in [0.25, 0.3) is 0 Å². The molecule has 1 aliphatic carbocycles. The number of nitrogens with two attached hydrogens (primary N) is 1. The van der Waals surface area contributed by atoms with Crippen LogP contribution in [0.3, 0.4) is 0 Å². The van der Waals surface area contributed by atoms with Gasteiger partial charge in [-0.15, -0.1) is 12.3 Å². The normalized spacial score (nSPS) is 19.9. The molecule has 1 aromatic heterocycles. The fourth-order valence-corrected chi connectivity index (χ4v) is 2.18. The van der Waals surface area contributed by atoms with E-state index in [0.29, 0.717) is 6.42 Å². The second-order valence-electron chi connectivity index (χ2n) is 4.06. The van der Waals surface area contributed by atoms with Crippen LogP contribution < -0.4 is 5.73 Å². The van der Waals surface area contributed by atoms with Crippen molar-refractivity contribution in [1.82, 2.24) is 4.98 Å². The van der Waals surface area contributed by atoms with Gasteiger partial charge in [-0.25, -0.2) is 0 Å². The molecule has 0 bridgehead atoms. The SMILES string of the molecule is C#CCC(N)C(=O)C1CCc2cccnc21. The van der Waals surface area contributed by atoms with Crippen LogP contribution in [0.15, 0.2) is 18.3 Å². The fraction of sp³-hybridized carbons (Fsp3) is 0.385. The number of hydrogen-bond acceptors (Lipinski definition) is 3. The Morgan fingerprint density at radius 1 is 1.75 bits per heavy atom. The number of aromatic nitrogens is 1. The lowest BCUT2D eigenvalue weighted by atomic mass is 9.94. The molecule has 3 heteroatoms. The second kappa shape index (κ2) is 4.46. The quantitative estimate of drug-likeness (QED) is 0.765. The molecule has 0 fully saturated rings. The van der Waals surface area contributed by atoms with E-state index in [1.807, 2.05) is 12.1 Å². The largest absolute Gasteiger partial charge is 0.321 e. The number of ketones is 1. The van der Waals surface area contributed by atoms with E-state index in [4.69, 9.17) is 12.2 Å². The number of pyridine rings is 1. The third-order valence-corrected chi connectivity index (χ3v) is 3.01. The van der Waals surface area contributed by atoms with Gasteiger partial charge in [0, 0.05) is 12.6 Å². The van der Waals surface area contributed by atoms with Crippen molar-refractivity contribution in [3.8, 4) is 12.3 Å². The number of carbonyl (C=O) groups is 1. The standard InChI is InChI=1S/C13H14N2O/c1-2-4-11(14)13(16)10-7-6-9-5-3-8-15-12(9)10/h1,3,5,8,10-11H,4,6-7,14H2. The van der Waals surface area contributed by atoms with Crippen molar-refractivity contribution in [3.63, 3.8) is 0 Å². The van der Waals surface area contributed by atoms with E-state index in [0.717, 1.165) is 24.1 Å². The molecule has 1 heterocycles. The van der Waals surface area contributed by atoms with Crippen molar-refractivity contribution >= 4 is 5.78 Å². The molecule has 0 radical (unpaired) electrons. The summed E-state index contributed by atoms with van der Waals surface area (Å²) in [5, 5.41) is 0. The molecule has 0 aromatic carbocycles. The lowest BCUT2D eigenvalue weighted by Crippen LogP contribution is -2.33. The molecule has 0 spiro atoms. The third-order valence-electron chi connectivity index (χ3n) is 3.01. The topological polar surface area (TPSA) is 56.0 Å². The predicted octanol–water partition coefficient (Wildman–Crippen LogP) is 1.03. The van der Waals surface area contributed by atoms with E-state index in [1.54, 1.807) is 6.20 Å². The zero-order valence-electron chi connectivity index (χ0n) is 9.02. The molecule has 2 N–H and O–H groups in total. The Bertz CT molecular complexity index is 447. The second-order valence-corrected chi connectivity index (χ2v) is 4.06. The van der Waals surface area contributed by atoms with E-state index >= 15 is 0 Å². The molecule has 16 heavy (non-hydrogen) atoms. The minimum absolute atomic E-state index is 0.0235. The summed E-state index contributed by atoms with van der Waals surface area (Å²) in [6, 6.07) is 3.36. The summed E-state index contributed by atoms with van der Waals surface area (Å²) in [4.78, 5) is 16.3. The number of aryl methyl sites for hydroxylation is 1. The van der Waals surface area contributed by atoms with Gasteiger partial charge in [-0.2, -0.15) is 0 Å². The smallest absolute Gasteiger partial charge is 0.159 e. The summed E-state index contributed by atoms with van der Waals surface area (Å²) in [5.74, 6) is 2.30. The molecule has 0 aliphatic heterocycles. The van der Waals surface area contributed by atoms with Crippen LogP contribution in [0.5, 0.6) is 0 Å². The van der Waals surface area contributed by atoms with Crippen LogP contribution in [-0.2, 0) is 11.2 Å². The summed E-state index contributed by atoms with van der Waals surface area (Å²) in [6.07, 6.45) is 8.90. The van der Waals surface area contributed by atoms with Crippen LogP contribution in [0.1, 0.15) is 30.0 Å². The maximum atomic E-state index is 12.0. The van der Waals surface area contributed by atoms with E-state index in [1.165, 1.54) is 0 Å². The molecule has 2 rings (SSSR count). The molecule has 2 atom stereocenters. The summed E-state index contributed by atoms with van der Waals surface area (Å²) >= 11 is 0. The fourth-order valence-electron chi connectivity index (χ4n) is 2.18.